The molecule has 0 bridgehead atoms. The van der Waals surface area contributed by atoms with Crippen LogP contribution in [0.15, 0.2) is 4.99 Å². The maximum Gasteiger partial charge on any atom is 0.191 e. The number of morpholine rings is 1. The third-order valence-corrected chi connectivity index (χ3v) is 7.01. The summed E-state index contributed by atoms with van der Waals surface area (Å²) in [6.07, 6.45) is 9.73. The van der Waals surface area contributed by atoms with E-state index in [1.807, 2.05) is 0 Å². The van der Waals surface area contributed by atoms with E-state index in [0.717, 1.165) is 44.7 Å². The third-order valence-electron chi connectivity index (χ3n) is 7.01. The molecule has 30 heavy (non-hydrogen) atoms. The molecule has 2 N–H and O–H groups in total. The van der Waals surface area contributed by atoms with Crippen molar-refractivity contribution in [1.82, 2.24) is 20.4 Å². The van der Waals surface area contributed by atoms with E-state index in [9.17, 15) is 0 Å². The summed E-state index contributed by atoms with van der Waals surface area (Å²) in [5, 5.41) is 7.18. The lowest BCUT2D eigenvalue weighted by atomic mass is 9.88. The van der Waals surface area contributed by atoms with Gasteiger partial charge in [0.25, 0.3) is 0 Å². The first-order valence-electron chi connectivity index (χ1n) is 12.3. The van der Waals surface area contributed by atoms with Gasteiger partial charge in [0, 0.05) is 50.8 Å². The molecule has 2 heterocycles. The van der Waals surface area contributed by atoms with Crippen molar-refractivity contribution in [3.05, 3.63) is 0 Å². The van der Waals surface area contributed by atoms with Gasteiger partial charge in [-0.15, -0.1) is 24.0 Å². The van der Waals surface area contributed by atoms with Crippen LogP contribution in [0.25, 0.3) is 0 Å². The molecule has 0 aromatic heterocycles. The first-order chi connectivity index (χ1) is 14.2. The van der Waals surface area contributed by atoms with E-state index in [1.165, 1.54) is 64.6 Å². The molecule has 0 aromatic carbocycles. The zero-order valence-electron chi connectivity index (χ0n) is 19.6. The van der Waals surface area contributed by atoms with Gasteiger partial charge in [-0.25, -0.2) is 0 Å². The molecule has 2 unspecified atom stereocenters. The van der Waals surface area contributed by atoms with Crippen molar-refractivity contribution >= 4 is 29.9 Å². The molecule has 1 aliphatic carbocycles. The highest BCUT2D eigenvalue weighted by Crippen LogP contribution is 2.25. The Kier molecular flexibility index (Phi) is 12.3. The van der Waals surface area contributed by atoms with Crippen LogP contribution in [0.1, 0.15) is 65.7 Å². The molecule has 7 heteroatoms. The molecule has 3 fully saturated rings. The van der Waals surface area contributed by atoms with Crippen molar-refractivity contribution in [3.63, 3.8) is 0 Å². The van der Waals surface area contributed by atoms with E-state index >= 15 is 0 Å². The summed E-state index contributed by atoms with van der Waals surface area (Å²) in [6.45, 7) is 14.9. The summed E-state index contributed by atoms with van der Waals surface area (Å²) in [5.41, 5.74) is 0. The number of halogens is 1. The summed E-state index contributed by atoms with van der Waals surface area (Å²) in [7, 11) is 0. The highest BCUT2D eigenvalue weighted by Gasteiger charge is 2.25. The van der Waals surface area contributed by atoms with Crippen LogP contribution in [0.2, 0.25) is 0 Å². The lowest BCUT2D eigenvalue weighted by molar-refractivity contribution is -0.0166. The van der Waals surface area contributed by atoms with Crippen LogP contribution in [0, 0.1) is 5.92 Å². The van der Waals surface area contributed by atoms with Gasteiger partial charge in [0.1, 0.15) is 0 Å². The highest BCUT2D eigenvalue weighted by molar-refractivity contribution is 14.0. The first kappa shape index (κ1) is 26.1. The predicted molar refractivity (Wildman–Crippen MR) is 137 cm³/mol. The number of piperidine rings is 1. The van der Waals surface area contributed by atoms with Gasteiger partial charge in [-0.1, -0.05) is 19.3 Å². The second kappa shape index (κ2) is 14.1. The Morgan fingerprint density at radius 3 is 2.50 bits per heavy atom. The largest absolute Gasteiger partial charge is 0.379 e. The number of aliphatic imine (C=N–C) groups is 1. The number of hydrogen-bond acceptors (Lipinski definition) is 4. The van der Waals surface area contributed by atoms with Gasteiger partial charge >= 0.3 is 0 Å². The quantitative estimate of drug-likeness (QED) is 0.298. The number of likely N-dealkylation sites (tertiary alicyclic amines) is 1. The average molecular weight is 536 g/mol. The highest BCUT2D eigenvalue weighted by atomic mass is 127. The molecule has 2 saturated heterocycles. The molecule has 3 rings (SSSR count). The Balaban J connectivity index is 0.00000320. The monoisotopic (exact) mass is 535 g/mol. The van der Waals surface area contributed by atoms with Crippen molar-refractivity contribution in [1.29, 1.82) is 0 Å². The topological polar surface area (TPSA) is 52.1 Å². The molecule has 2 aliphatic heterocycles. The number of rotatable bonds is 7. The number of guanidine groups is 1. The molecule has 6 nitrogen and oxygen atoms in total. The van der Waals surface area contributed by atoms with Gasteiger partial charge in [0.2, 0.25) is 0 Å². The smallest absolute Gasteiger partial charge is 0.191 e. The van der Waals surface area contributed by atoms with Crippen LogP contribution in [0.5, 0.6) is 0 Å². The van der Waals surface area contributed by atoms with Crippen LogP contribution in [-0.2, 0) is 4.74 Å². The summed E-state index contributed by atoms with van der Waals surface area (Å²) in [4.78, 5) is 10.2. The molecule has 0 radical (unpaired) electrons. The molecular weight excluding hydrogens is 489 g/mol. The fraction of sp³-hybridized carbons (Fsp3) is 0.957. The minimum Gasteiger partial charge on any atom is -0.379 e. The summed E-state index contributed by atoms with van der Waals surface area (Å²) in [6, 6.07) is 1.48. The second-order valence-corrected chi connectivity index (χ2v) is 9.45. The van der Waals surface area contributed by atoms with Crippen molar-refractivity contribution < 1.29 is 4.74 Å². The zero-order valence-corrected chi connectivity index (χ0v) is 21.9. The fourth-order valence-electron chi connectivity index (χ4n) is 5.23. The third kappa shape index (κ3) is 8.43. The number of ether oxygens (including phenoxy) is 1. The van der Waals surface area contributed by atoms with Crippen LogP contribution in [-0.4, -0.2) is 86.4 Å². The van der Waals surface area contributed by atoms with Gasteiger partial charge in [-0.05, 0) is 52.4 Å². The predicted octanol–water partition coefficient (Wildman–Crippen LogP) is 3.31. The minimum atomic E-state index is 0. The Labute approximate surface area is 202 Å². The minimum absolute atomic E-state index is 0. The molecule has 0 amide bonds. The molecule has 2 atom stereocenters. The van der Waals surface area contributed by atoms with Crippen LogP contribution >= 0.6 is 24.0 Å². The molecule has 1 saturated carbocycles. The molecule has 0 spiro atoms. The van der Waals surface area contributed by atoms with Gasteiger partial charge in [-0.3, -0.25) is 9.89 Å². The van der Waals surface area contributed by atoms with Gasteiger partial charge in [0.15, 0.2) is 5.96 Å². The average Bonchev–Trinajstić information content (AvgIpc) is 2.74. The maximum atomic E-state index is 5.58. The molecule has 3 aliphatic rings. The second-order valence-electron chi connectivity index (χ2n) is 9.45. The zero-order chi connectivity index (χ0) is 20.5. The van der Waals surface area contributed by atoms with Gasteiger partial charge < -0.3 is 20.3 Å². The van der Waals surface area contributed by atoms with Gasteiger partial charge in [-0.2, -0.15) is 0 Å². The lowest BCUT2D eigenvalue weighted by Crippen LogP contribution is -2.51. The fourth-order valence-corrected chi connectivity index (χ4v) is 5.23. The van der Waals surface area contributed by atoms with E-state index in [4.69, 9.17) is 9.73 Å². The lowest BCUT2D eigenvalue weighted by Gasteiger charge is -2.37. The Morgan fingerprint density at radius 1 is 1.10 bits per heavy atom. The van der Waals surface area contributed by atoms with Crippen molar-refractivity contribution in [2.24, 2.45) is 10.9 Å². The normalized spacial score (nSPS) is 26.8. The van der Waals surface area contributed by atoms with Crippen LogP contribution in [0.4, 0.5) is 0 Å². The number of hydrogen-bond donors (Lipinski definition) is 2. The maximum absolute atomic E-state index is 5.58. The van der Waals surface area contributed by atoms with E-state index in [2.05, 4.69) is 41.2 Å². The van der Waals surface area contributed by atoms with Crippen LogP contribution < -0.4 is 10.6 Å². The number of nitrogens with one attached hydrogen (secondary N) is 2. The van der Waals surface area contributed by atoms with E-state index in [1.54, 1.807) is 0 Å². The standard InChI is InChI=1S/C23H45N5O.HI/c1-4-24-23(25-16-19(2)28-14-15-29-18-20(28)3)26-22-10-12-27(13-11-22)17-21-8-6-5-7-9-21;/h19-22H,4-18H2,1-3H3,(H2,24,25,26);1H. The SMILES string of the molecule is CCNC(=NCC(C)N1CCOCC1C)NC1CCN(CC2CCCCC2)CC1.I. The molecular formula is C23H46IN5O. The van der Waals surface area contributed by atoms with E-state index in [-0.39, 0.29) is 24.0 Å². The van der Waals surface area contributed by atoms with Gasteiger partial charge in [0.05, 0.1) is 19.8 Å². The van der Waals surface area contributed by atoms with Crippen LogP contribution in [0.3, 0.4) is 0 Å². The Hall–Kier alpha value is -0.120. The summed E-state index contributed by atoms with van der Waals surface area (Å²) < 4.78 is 5.58. The van der Waals surface area contributed by atoms with Crippen molar-refractivity contribution in [3.8, 4) is 0 Å². The Morgan fingerprint density at radius 2 is 1.83 bits per heavy atom. The molecule has 0 aromatic rings. The first-order valence-corrected chi connectivity index (χ1v) is 12.3. The van der Waals surface area contributed by atoms with E-state index in [0.29, 0.717) is 18.1 Å². The number of nitrogens with zero attached hydrogens (tertiary/aromatic N) is 3. The molecule has 176 valence electrons. The van der Waals surface area contributed by atoms with Crippen molar-refractivity contribution in [2.45, 2.75) is 83.8 Å². The Bertz CT molecular complexity index is 492. The summed E-state index contributed by atoms with van der Waals surface area (Å²) >= 11 is 0. The van der Waals surface area contributed by atoms with E-state index < -0.39 is 0 Å². The van der Waals surface area contributed by atoms with Crippen molar-refractivity contribution in [2.75, 3.05) is 52.5 Å². The summed E-state index contributed by atoms with van der Waals surface area (Å²) in [5.74, 6) is 1.95.